The summed E-state index contributed by atoms with van der Waals surface area (Å²) in [5.74, 6) is 2.15. The average Bonchev–Trinajstić information content (AvgIpc) is 2.45. The van der Waals surface area contributed by atoms with Crippen LogP contribution < -0.4 is 0 Å². The molecule has 3 atom stereocenters. The predicted octanol–water partition coefficient (Wildman–Crippen LogP) is 6.05. The van der Waals surface area contributed by atoms with E-state index in [0.717, 1.165) is 50.4 Å². The van der Waals surface area contributed by atoms with E-state index in [2.05, 4.69) is 34.6 Å². The van der Waals surface area contributed by atoms with Gasteiger partial charge in [0, 0.05) is 0 Å². The molecule has 4 nitrogen and oxygen atoms in total. The summed E-state index contributed by atoms with van der Waals surface area (Å²) in [4.78, 5) is 9.78. The van der Waals surface area contributed by atoms with Crippen molar-refractivity contribution in [1.82, 2.24) is 0 Å². The molecule has 0 rings (SSSR count). The molecule has 0 aromatic rings. The summed E-state index contributed by atoms with van der Waals surface area (Å²) in [6.07, 6.45) is 9.54. The van der Waals surface area contributed by atoms with Crippen LogP contribution in [-0.2, 0) is 13.6 Å². The Balaban J connectivity index is 0. The van der Waals surface area contributed by atoms with Crippen LogP contribution in [0.4, 0.5) is 0 Å². The molecule has 0 bridgehead atoms. The molecule has 0 saturated heterocycles. The monoisotopic (exact) mass is 420 g/mol. The van der Waals surface area contributed by atoms with Gasteiger partial charge in [0.25, 0.3) is 0 Å². The fourth-order valence-electron chi connectivity index (χ4n) is 2.92. The number of phosphoric ester groups is 1. The van der Waals surface area contributed by atoms with E-state index in [-0.39, 0.29) is 43.8 Å². The fourth-order valence-corrected chi connectivity index (χ4v) is 3.90. The van der Waals surface area contributed by atoms with Gasteiger partial charge in [-0.15, -0.1) is 0 Å². The number of hydrogen-bond donors (Lipinski definition) is 1. The summed E-state index contributed by atoms with van der Waals surface area (Å²) in [5, 5.41) is 0. The minimum absolute atomic E-state index is 0. The molecule has 156 valence electrons. The quantitative estimate of drug-likeness (QED) is 0.188. The molecule has 0 amide bonds. The Labute approximate surface area is 192 Å². The van der Waals surface area contributed by atoms with Crippen LogP contribution in [0.1, 0.15) is 99.3 Å². The molecule has 0 aliphatic heterocycles. The molecular formula is C20H45CaO4P. The second-order valence-corrected chi connectivity index (χ2v) is 9.87. The maximum absolute atomic E-state index is 11.9. The molecule has 0 heterocycles. The van der Waals surface area contributed by atoms with Gasteiger partial charge in [-0.2, -0.15) is 0 Å². The van der Waals surface area contributed by atoms with E-state index in [0.29, 0.717) is 12.5 Å². The zero-order valence-corrected chi connectivity index (χ0v) is 18.4. The Kier molecular flexibility index (Phi) is 19.6. The van der Waals surface area contributed by atoms with Gasteiger partial charge in [0.1, 0.15) is 0 Å². The van der Waals surface area contributed by atoms with Gasteiger partial charge < -0.3 is 4.89 Å². The standard InChI is InChI=1S/C20H43O4P.Ca.2H/c1-17(2)11-9-14-19(5)13-7-8-16-23-25(21,22)24-20(6)15-10-12-18(3)4;;;/h17-20H,7-16H2,1-6H3,(H,21,22);;;. The Morgan fingerprint density at radius 1 is 0.769 bits per heavy atom. The van der Waals surface area contributed by atoms with Crippen LogP contribution in [0.25, 0.3) is 0 Å². The van der Waals surface area contributed by atoms with E-state index < -0.39 is 7.82 Å². The second kappa shape index (κ2) is 17.2. The van der Waals surface area contributed by atoms with Gasteiger partial charge in [-0.25, -0.2) is 4.57 Å². The van der Waals surface area contributed by atoms with Crippen LogP contribution in [0, 0.1) is 17.8 Å². The van der Waals surface area contributed by atoms with Crippen molar-refractivity contribution in [2.45, 2.75) is 105 Å². The Morgan fingerprint density at radius 3 is 1.81 bits per heavy atom. The Bertz CT molecular complexity index is 364. The minimum atomic E-state index is -3.91. The SMILES string of the molecule is CC(C)CCCC(C)CCCCOP(=O)(O)OC(C)CCCC(C)C.[CaH2]. The summed E-state index contributed by atoms with van der Waals surface area (Å²) in [6.45, 7) is 13.3. The van der Waals surface area contributed by atoms with Crippen molar-refractivity contribution < 1.29 is 18.5 Å². The molecule has 0 spiro atoms. The third kappa shape index (κ3) is 20.1. The van der Waals surface area contributed by atoms with E-state index in [4.69, 9.17) is 9.05 Å². The van der Waals surface area contributed by atoms with E-state index in [9.17, 15) is 9.46 Å². The van der Waals surface area contributed by atoms with Gasteiger partial charge in [0.15, 0.2) is 0 Å². The third-order valence-electron chi connectivity index (χ3n) is 4.53. The maximum atomic E-state index is 11.9. The summed E-state index contributed by atoms with van der Waals surface area (Å²) in [5.41, 5.74) is 0. The van der Waals surface area contributed by atoms with Gasteiger partial charge in [0.05, 0.1) is 12.7 Å². The van der Waals surface area contributed by atoms with E-state index in [1.54, 1.807) is 0 Å². The van der Waals surface area contributed by atoms with Crippen LogP contribution in [0.2, 0.25) is 0 Å². The summed E-state index contributed by atoms with van der Waals surface area (Å²) < 4.78 is 22.3. The van der Waals surface area contributed by atoms with Crippen molar-refractivity contribution in [3.05, 3.63) is 0 Å². The van der Waals surface area contributed by atoms with Gasteiger partial charge >= 0.3 is 45.6 Å². The summed E-state index contributed by atoms with van der Waals surface area (Å²) in [6, 6.07) is 0. The third-order valence-corrected chi connectivity index (χ3v) is 5.66. The zero-order chi connectivity index (χ0) is 19.3. The van der Waals surface area contributed by atoms with Crippen LogP contribution in [0.5, 0.6) is 0 Å². The molecule has 0 aliphatic carbocycles. The molecule has 0 radical (unpaired) electrons. The molecule has 0 fully saturated rings. The molecule has 6 heteroatoms. The first-order valence-corrected chi connectivity index (χ1v) is 11.8. The summed E-state index contributed by atoms with van der Waals surface area (Å²) in [7, 11) is -3.91. The van der Waals surface area contributed by atoms with Crippen molar-refractivity contribution in [1.29, 1.82) is 0 Å². The first kappa shape index (κ1) is 29.6. The van der Waals surface area contributed by atoms with Gasteiger partial charge in [-0.05, 0) is 37.5 Å². The summed E-state index contributed by atoms with van der Waals surface area (Å²) >= 11 is 0. The molecule has 0 saturated carbocycles. The van der Waals surface area contributed by atoms with Gasteiger partial charge in [-0.3, -0.25) is 9.05 Å². The van der Waals surface area contributed by atoms with Crippen LogP contribution >= 0.6 is 7.82 Å². The molecule has 3 unspecified atom stereocenters. The van der Waals surface area contributed by atoms with Crippen molar-refractivity contribution in [2.24, 2.45) is 17.8 Å². The van der Waals surface area contributed by atoms with Crippen LogP contribution in [0.3, 0.4) is 0 Å². The van der Waals surface area contributed by atoms with E-state index in [1.807, 2.05) is 6.92 Å². The molecule has 1 N–H and O–H groups in total. The Hall–Kier alpha value is 1.37. The average molecular weight is 421 g/mol. The number of phosphoric acid groups is 1. The number of rotatable bonds is 16. The first-order chi connectivity index (χ1) is 11.6. The molecule has 0 aliphatic rings. The molecule has 26 heavy (non-hydrogen) atoms. The topological polar surface area (TPSA) is 55.8 Å². The van der Waals surface area contributed by atoms with Crippen molar-refractivity contribution in [3.63, 3.8) is 0 Å². The van der Waals surface area contributed by atoms with Crippen molar-refractivity contribution in [3.8, 4) is 0 Å². The zero-order valence-electron chi connectivity index (χ0n) is 17.5. The molecule has 0 aromatic carbocycles. The number of unbranched alkanes of at least 4 members (excludes halogenated alkanes) is 1. The van der Waals surface area contributed by atoms with E-state index >= 15 is 0 Å². The van der Waals surface area contributed by atoms with Crippen molar-refractivity contribution >= 4 is 45.6 Å². The molecular weight excluding hydrogens is 375 g/mol. The van der Waals surface area contributed by atoms with Crippen molar-refractivity contribution in [2.75, 3.05) is 6.61 Å². The molecule has 0 aromatic heterocycles. The van der Waals surface area contributed by atoms with Gasteiger partial charge in [-0.1, -0.05) is 79.6 Å². The van der Waals surface area contributed by atoms with Crippen LogP contribution in [0.15, 0.2) is 0 Å². The second-order valence-electron chi connectivity index (χ2n) is 8.47. The number of hydrogen-bond acceptors (Lipinski definition) is 3. The first-order valence-electron chi connectivity index (χ1n) is 10.3. The van der Waals surface area contributed by atoms with Gasteiger partial charge in [0.2, 0.25) is 0 Å². The van der Waals surface area contributed by atoms with Crippen LogP contribution in [-0.4, -0.2) is 55.3 Å². The Morgan fingerprint density at radius 2 is 1.27 bits per heavy atom. The van der Waals surface area contributed by atoms with E-state index in [1.165, 1.54) is 19.3 Å². The fraction of sp³-hybridized carbons (Fsp3) is 1.00. The predicted molar refractivity (Wildman–Crippen MR) is 115 cm³/mol. The normalized spacial score (nSPS) is 16.3.